The first-order valence-corrected chi connectivity index (χ1v) is 5.23. The minimum atomic E-state index is -4.38. The van der Waals surface area contributed by atoms with E-state index in [-0.39, 0.29) is 11.6 Å². The van der Waals surface area contributed by atoms with Crippen LogP contribution in [0.2, 0.25) is 0 Å². The van der Waals surface area contributed by atoms with Crippen molar-refractivity contribution in [3.05, 3.63) is 41.6 Å². The van der Waals surface area contributed by atoms with Gasteiger partial charge in [0.15, 0.2) is 5.76 Å². The van der Waals surface area contributed by atoms with Crippen LogP contribution in [0, 0.1) is 0 Å². The predicted octanol–water partition coefficient (Wildman–Crippen LogP) is 4.10. The molecule has 0 unspecified atom stereocenters. The van der Waals surface area contributed by atoms with E-state index in [0.29, 0.717) is 11.1 Å². The van der Waals surface area contributed by atoms with Crippen LogP contribution >= 0.6 is 11.6 Å². The Morgan fingerprint density at radius 1 is 1.29 bits per heavy atom. The molecule has 0 aliphatic rings. The van der Waals surface area contributed by atoms with Crippen molar-refractivity contribution in [2.45, 2.75) is 12.1 Å². The van der Waals surface area contributed by atoms with Gasteiger partial charge >= 0.3 is 6.18 Å². The average Bonchev–Trinajstić information content (AvgIpc) is 2.76. The Bertz CT molecular complexity index is 521. The van der Waals surface area contributed by atoms with Crippen molar-refractivity contribution in [1.29, 1.82) is 0 Å². The van der Waals surface area contributed by atoms with Gasteiger partial charge in [0.1, 0.15) is 0 Å². The Morgan fingerprint density at radius 2 is 2.06 bits per heavy atom. The van der Waals surface area contributed by atoms with E-state index in [1.165, 1.54) is 18.3 Å². The summed E-state index contributed by atoms with van der Waals surface area (Å²) in [5, 5.41) is 3.52. The maximum absolute atomic E-state index is 12.5. The molecule has 17 heavy (non-hydrogen) atoms. The maximum Gasteiger partial charge on any atom is 0.416 e. The standard InChI is InChI=1S/C11H7ClF3NO/c12-5-8-6-16-17-10(8)7-2-1-3-9(4-7)11(13,14)15/h1-4,6H,5H2. The molecular formula is C11H7ClF3NO. The molecule has 0 aliphatic carbocycles. The number of hydrogen-bond donors (Lipinski definition) is 0. The summed E-state index contributed by atoms with van der Waals surface area (Å²) < 4.78 is 42.5. The summed E-state index contributed by atoms with van der Waals surface area (Å²) >= 11 is 5.63. The van der Waals surface area contributed by atoms with Crippen LogP contribution in [-0.2, 0) is 12.1 Å². The first kappa shape index (κ1) is 12.0. The highest BCUT2D eigenvalue weighted by atomic mass is 35.5. The predicted molar refractivity (Wildman–Crippen MR) is 56.5 cm³/mol. The van der Waals surface area contributed by atoms with Gasteiger partial charge in [-0.25, -0.2) is 0 Å². The van der Waals surface area contributed by atoms with E-state index in [9.17, 15) is 13.2 Å². The zero-order valence-electron chi connectivity index (χ0n) is 8.46. The van der Waals surface area contributed by atoms with Crippen LogP contribution in [0.25, 0.3) is 11.3 Å². The van der Waals surface area contributed by atoms with Crippen LogP contribution < -0.4 is 0 Å². The molecule has 0 aliphatic heterocycles. The van der Waals surface area contributed by atoms with E-state index in [4.69, 9.17) is 16.1 Å². The van der Waals surface area contributed by atoms with Crippen molar-refractivity contribution in [2.75, 3.05) is 0 Å². The molecular weight excluding hydrogens is 255 g/mol. The molecule has 90 valence electrons. The highest BCUT2D eigenvalue weighted by Crippen LogP contribution is 2.33. The van der Waals surface area contributed by atoms with Crippen LogP contribution in [0.5, 0.6) is 0 Å². The molecule has 2 rings (SSSR count). The van der Waals surface area contributed by atoms with Gasteiger partial charge in [-0.1, -0.05) is 17.3 Å². The van der Waals surface area contributed by atoms with Gasteiger partial charge in [0.05, 0.1) is 17.6 Å². The number of aromatic nitrogens is 1. The number of rotatable bonds is 2. The van der Waals surface area contributed by atoms with Crippen molar-refractivity contribution in [3.8, 4) is 11.3 Å². The average molecular weight is 262 g/mol. The Hall–Kier alpha value is -1.49. The number of alkyl halides is 4. The number of halogens is 4. The van der Waals surface area contributed by atoms with Gasteiger partial charge in [0, 0.05) is 11.1 Å². The van der Waals surface area contributed by atoms with Crippen molar-refractivity contribution in [2.24, 2.45) is 0 Å². The topological polar surface area (TPSA) is 26.0 Å². The quantitative estimate of drug-likeness (QED) is 0.761. The Kier molecular flexibility index (Phi) is 3.11. The van der Waals surface area contributed by atoms with Crippen LogP contribution in [0.15, 0.2) is 35.0 Å². The molecule has 0 radical (unpaired) electrons. The highest BCUT2D eigenvalue weighted by molar-refractivity contribution is 6.17. The van der Waals surface area contributed by atoms with Gasteiger partial charge in [-0.3, -0.25) is 0 Å². The zero-order valence-corrected chi connectivity index (χ0v) is 9.22. The lowest BCUT2D eigenvalue weighted by atomic mass is 10.1. The molecule has 0 atom stereocenters. The monoisotopic (exact) mass is 261 g/mol. The second-order valence-corrected chi connectivity index (χ2v) is 3.66. The van der Waals surface area contributed by atoms with Gasteiger partial charge in [0.2, 0.25) is 0 Å². The molecule has 0 spiro atoms. The van der Waals surface area contributed by atoms with E-state index >= 15 is 0 Å². The highest BCUT2D eigenvalue weighted by Gasteiger charge is 2.30. The fourth-order valence-corrected chi connectivity index (χ4v) is 1.62. The molecule has 1 aromatic heterocycles. The Labute approximate surface area is 100.0 Å². The van der Waals surface area contributed by atoms with Crippen molar-refractivity contribution >= 4 is 11.6 Å². The van der Waals surface area contributed by atoms with Gasteiger partial charge < -0.3 is 4.52 Å². The molecule has 2 aromatic rings. The molecule has 1 aromatic carbocycles. The number of nitrogens with zero attached hydrogens (tertiary/aromatic N) is 1. The fourth-order valence-electron chi connectivity index (χ4n) is 1.43. The molecule has 2 nitrogen and oxygen atoms in total. The summed E-state index contributed by atoms with van der Waals surface area (Å²) in [5.41, 5.74) is 0.144. The molecule has 0 amide bonds. The lowest BCUT2D eigenvalue weighted by Crippen LogP contribution is -2.04. The molecule has 0 bridgehead atoms. The van der Waals surface area contributed by atoms with Crippen LogP contribution in [0.4, 0.5) is 13.2 Å². The SMILES string of the molecule is FC(F)(F)c1cccc(-c2oncc2CCl)c1. The van der Waals surface area contributed by atoms with E-state index in [2.05, 4.69) is 5.16 Å². The summed E-state index contributed by atoms with van der Waals surface area (Å²) in [6, 6.07) is 4.85. The van der Waals surface area contributed by atoms with Gasteiger partial charge in [0.25, 0.3) is 0 Å². The second-order valence-electron chi connectivity index (χ2n) is 3.39. The van der Waals surface area contributed by atoms with Crippen LogP contribution in [-0.4, -0.2) is 5.16 Å². The van der Waals surface area contributed by atoms with Gasteiger partial charge in [-0.2, -0.15) is 13.2 Å². The molecule has 1 heterocycles. The molecule has 0 saturated heterocycles. The molecule has 6 heteroatoms. The van der Waals surface area contributed by atoms with Crippen molar-refractivity contribution in [3.63, 3.8) is 0 Å². The third-order valence-corrected chi connectivity index (χ3v) is 2.53. The lowest BCUT2D eigenvalue weighted by Gasteiger charge is -2.07. The van der Waals surface area contributed by atoms with E-state index in [1.807, 2.05) is 0 Å². The van der Waals surface area contributed by atoms with Gasteiger partial charge in [-0.05, 0) is 12.1 Å². The summed E-state index contributed by atoms with van der Waals surface area (Å²) in [6.07, 6.45) is -2.99. The van der Waals surface area contributed by atoms with Crippen molar-refractivity contribution < 1.29 is 17.7 Å². The summed E-state index contributed by atoms with van der Waals surface area (Å²) in [5.74, 6) is 0.404. The van der Waals surface area contributed by atoms with E-state index < -0.39 is 11.7 Å². The zero-order chi connectivity index (χ0) is 12.5. The smallest absolute Gasteiger partial charge is 0.356 e. The minimum absolute atomic E-state index is 0.134. The number of benzene rings is 1. The summed E-state index contributed by atoms with van der Waals surface area (Å²) in [4.78, 5) is 0. The first-order chi connectivity index (χ1) is 8.02. The molecule has 0 saturated carbocycles. The second kappa shape index (κ2) is 4.41. The van der Waals surface area contributed by atoms with Crippen LogP contribution in [0.3, 0.4) is 0 Å². The van der Waals surface area contributed by atoms with E-state index in [0.717, 1.165) is 12.1 Å². The lowest BCUT2D eigenvalue weighted by molar-refractivity contribution is -0.137. The maximum atomic E-state index is 12.5. The van der Waals surface area contributed by atoms with E-state index in [1.54, 1.807) is 0 Å². The molecule has 0 fully saturated rings. The van der Waals surface area contributed by atoms with Crippen LogP contribution in [0.1, 0.15) is 11.1 Å². The fraction of sp³-hybridized carbons (Fsp3) is 0.182. The van der Waals surface area contributed by atoms with Gasteiger partial charge in [-0.15, -0.1) is 11.6 Å². The number of hydrogen-bond acceptors (Lipinski definition) is 2. The van der Waals surface area contributed by atoms with Crippen molar-refractivity contribution in [1.82, 2.24) is 5.16 Å². The summed E-state index contributed by atoms with van der Waals surface area (Å²) in [7, 11) is 0. The minimum Gasteiger partial charge on any atom is -0.356 e. The summed E-state index contributed by atoms with van der Waals surface area (Å²) in [6.45, 7) is 0. The third-order valence-electron chi connectivity index (χ3n) is 2.24. The first-order valence-electron chi connectivity index (χ1n) is 4.69. The Morgan fingerprint density at radius 3 is 2.71 bits per heavy atom. The molecule has 0 N–H and O–H groups in total. The third kappa shape index (κ3) is 2.44. The normalized spacial score (nSPS) is 11.8. The Balaban J connectivity index is 2.47. The largest absolute Gasteiger partial charge is 0.416 e.